The second-order valence-corrected chi connectivity index (χ2v) is 14.5. The molecule has 3 fully saturated rings. The molecule has 1 amide bonds. The highest BCUT2D eigenvalue weighted by molar-refractivity contribution is 7.90. The number of alkyl halides is 1. The Morgan fingerprint density at radius 1 is 1.09 bits per heavy atom. The molecular formula is C32H40FN7O4S. The van der Waals surface area contributed by atoms with Gasteiger partial charge in [-0.25, -0.2) is 22.8 Å². The topological polar surface area (TPSA) is 121 Å². The number of aromatic nitrogens is 3. The van der Waals surface area contributed by atoms with E-state index in [1.807, 2.05) is 22.1 Å². The Kier molecular flexibility index (Phi) is 8.91. The molecule has 45 heavy (non-hydrogen) atoms. The van der Waals surface area contributed by atoms with Crippen LogP contribution in [0.4, 0.5) is 27.7 Å². The summed E-state index contributed by atoms with van der Waals surface area (Å²) in [5, 5.41) is 5.21. The fraction of sp³-hybridized carbons (Fsp3) is 0.500. The van der Waals surface area contributed by atoms with E-state index in [1.54, 1.807) is 12.3 Å². The number of carbonyl (C=O) groups excluding carboxylic acids is 1. The number of amides is 1. The van der Waals surface area contributed by atoms with E-state index in [-0.39, 0.29) is 30.2 Å². The van der Waals surface area contributed by atoms with Gasteiger partial charge in [0.25, 0.3) is 0 Å². The smallest absolute Gasteiger partial charge is 0.246 e. The lowest BCUT2D eigenvalue weighted by Crippen LogP contribution is -2.46. The van der Waals surface area contributed by atoms with Crippen LogP contribution < -0.4 is 15.1 Å². The zero-order valence-corrected chi connectivity index (χ0v) is 26.5. The predicted octanol–water partition coefficient (Wildman–Crippen LogP) is 4.05. The Morgan fingerprint density at radius 2 is 1.91 bits per heavy atom. The Labute approximate surface area is 263 Å². The van der Waals surface area contributed by atoms with Crippen LogP contribution in [0.2, 0.25) is 0 Å². The molecule has 0 spiro atoms. The van der Waals surface area contributed by atoms with Gasteiger partial charge >= 0.3 is 0 Å². The second kappa shape index (κ2) is 12.9. The molecular weight excluding hydrogens is 597 g/mol. The molecule has 0 saturated carbocycles. The number of benzene rings is 1. The number of pyridine rings is 1. The highest BCUT2D eigenvalue weighted by atomic mass is 32.2. The Morgan fingerprint density at radius 3 is 2.67 bits per heavy atom. The van der Waals surface area contributed by atoms with E-state index in [0.29, 0.717) is 43.6 Å². The molecule has 3 aliphatic heterocycles. The highest BCUT2D eigenvalue weighted by Gasteiger charge is 2.33. The van der Waals surface area contributed by atoms with Gasteiger partial charge in [-0.1, -0.05) is 12.6 Å². The first kappa shape index (κ1) is 31.2. The zero-order valence-electron chi connectivity index (χ0n) is 25.7. The number of hydrogen-bond acceptors (Lipinski definition) is 10. The molecule has 240 valence electrons. The summed E-state index contributed by atoms with van der Waals surface area (Å²) in [6, 6.07) is 7.79. The summed E-state index contributed by atoms with van der Waals surface area (Å²) in [5.74, 6) is 1.68. The van der Waals surface area contributed by atoms with Crippen molar-refractivity contribution >= 4 is 49.8 Å². The van der Waals surface area contributed by atoms with Gasteiger partial charge in [-0.05, 0) is 66.8 Å². The average Bonchev–Trinajstić information content (AvgIpc) is 3.69. The number of nitrogens with zero attached hydrogens (tertiary/aromatic N) is 6. The molecule has 4 atom stereocenters. The highest BCUT2D eigenvalue weighted by Crippen LogP contribution is 2.41. The van der Waals surface area contributed by atoms with E-state index in [1.165, 1.54) is 19.4 Å². The maximum Gasteiger partial charge on any atom is 0.246 e. The van der Waals surface area contributed by atoms with Crippen molar-refractivity contribution in [2.45, 2.75) is 44.0 Å². The molecule has 5 heterocycles. The van der Waals surface area contributed by atoms with Crippen LogP contribution in [0.25, 0.3) is 10.8 Å². The molecule has 1 aromatic carbocycles. The first-order chi connectivity index (χ1) is 21.6. The van der Waals surface area contributed by atoms with Crippen molar-refractivity contribution in [3.05, 3.63) is 54.9 Å². The number of likely N-dealkylation sites (tertiary alicyclic amines) is 1. The normalized spacial score (nSPS) is 23.9. The van der Waals surface area contributed by atoms with Gasteiger partial charge in [-0.15, -0.1) is 0 Å². The van der Waals surface area contributed by atoms with Crippen molar-refractivity contribution in [2.24, 2.45) is 5.92 Å². The van der Waals surface area contributed by atoms with Gasteiger partial charge in [0.1, 0.15) is 27.6 Å². The van der Waals surface area contributed by atoms with Crippen LogP contribution in [0.15, 0.2) is 49.3 Å². The summed E-state index contributed by atoms with van der Waals surface area (Å²) in [5.41, 5.74) is 2.02. The van der Waals surface area contributed by atoms with E-state index < -0.39 is 22.1 Å². The first-order valence-corrected chi connectivity index (χ1v) is 17.5. The zero-order chi connectivity index (χ0) is 31.7. The SMILES string of the molecule is C=CC(=O)N1CCC[C@H]1c1ccc(N2CC[C@@H](CS(C)(=O)=O)C2)c2cnc(Nc3ccnc(N4CC[C@@H](OC)[C@@H](F)C4)n3)cc12. The molecule has 6 rings (SSSR count). The number of hydrogen-bond donors (Lipinski definition) is 1. The van der Waals surface area contributed by atoms with Crippen LogP contribution in [0.3, 0.4) is 0 Å². The number of halogens is 1. The summed E-state index contributed by atoms with van der Waals surface area (Å²) >= 11 is 0. The van der Waals surface area contributed by atoms with Gasteiger partial charge in [-0.2, -0.15) is 4.98 Å². The molecule has 11 nitrogen and oxygen atoms in total. The van der Waals surface area contributed by atoms with Crippen LogP contribution in [0.5, 0.6) is 0 Å². The maximum atomic E-state index is 14.6. The lowest BCUT2D eigenvalue weighted by Gasteiger charge is -2.33. The minimum atomic E-state index is -3.07. The molecule has 2 aromatic heterocycles. The van der Waals surface area contributed by atoms with Crippen LogP contribution >= 0.6 is 0 Å². The molecule has 13 heteroatoms. The molecule has 0 radical (unpaired) electrons. The van der Waals surface area contributed by atoms with Gasteiger partial charge in [0.05, 0.1) is 24.4 Å². The van der Waals surface area contributed by atoms with Gasteiger partial charge < -0.3 is 24.8 Å². The summed E-state index contributed by atoms with van der Waals surface area (Å²) in [6.45, 7) is 6.52. The van der Waals surface area contributed by atoms with Crippen molar-refractivity contribution in [2.75, 3.05) is 67.0 Å². The molecule has 1 N–H and O–H groups in total. The number of rotatable bonds is 9. The lowest BCUT2D eigenvalue weighted by molar-refractivity contribution is -0.126. The van der Waals surface area contributed by atoms with Crippen LogP contribution in [-0.2, 0) is 19.4 Å². The van der Waals surface area contributed by atoms with Crippen LogP contribution in [-0.4, -0.2) is 98.3 Å². The minimum absolute atomic E-state index is 0.0686. The number of piperidine rings is 1. The number of fused-ring (bicyclic) bond motifs is 1. The number of sulfone groups is 1. The third kappa shape index (κ3) is 6.74. The number of methoxy groups -OCH3 is 1. The Balaban J connectivity index is 1.33. The quantitative estimate of drug-likeness (QED) is 0.344. The Bertz CT molecular complexity index is 1690. The summed E-state index contributed by atoms with van der Waals surface area (Å²) in [7, 11) is -1.54. The fourth-order valence-electron chi connectivity index (χ4n) is 7.00. The number of carbonyl (C=O) groups is 1. The third-order valence-corrected chi connectivity index (χ3v) is 10.2. The van der Waals surface area contributed by atoms with Crippen LogP contribution in [0.1, 0.15) is 37.3 Å². The monoisotopic (exact) mass is 637 g/mol. The van der Waals surface area contributed by atoms with Crippen molar-refractivity contribution < 1.29 is 22.3 Å². The Hall–Kier alpha value is -3.84. The van der Waals surface area contributed by atoms with Crippen molar-refractivity contribution in [3.63, 3.8) is 0 Å². The molecule has 3 aliphatic rings. The van der Waals surface area contributed by atoms with Gasteiger partial charge in [0, 0.05) is 63.0 Å². The van der Waals surface area contributed by atoms with E-state index in [4.69, 9.17) is 9.72 Å². The number of anilines is 4. The largest absolute Gasteiger partial charge is 0.378 e. The van der Waals surface area contributed by atoms with Gasteiger partial charge in [0.15, 0.2) is 0 Å². The van der Waals surface area contributed by atoms with E-state index >= 15 is 0 Å². The molecule has 0 aliphatic carbocycles. The molecule has 0 unspecified atom stereocenters. The third-order valence-electron chi connectivity index (χ3n) is 9.11. The molecule has 0 bridgehead atoms. The van der Waals surface area contributed by atoms with Crippen molar-refractivity contribution in [3.8, 4) is 0 Å². The van der Waals surface area contributed by atoms with E-state index in [2.05, 4.69) is 38.9 Å². The standard InChI is InChI=1S/C32H40FN7O4S/c1-4-31(41)40-13-5-6-27(40)22-7-8-26(38-14-10-21(18-38)20-45(3,42)43)24-17-35-30(16-23(22)24)36-29-9-12-34-32(37-29)39-15-11-28(44-2)25(33)19-39/h4,7-9,12,16-17,21,25,27-28H,1,5-6,10-11,13-15,18-20H2,2-3H3,(H,34,35,36,37)/t21-,25+,27+,28-/m1/s1. The summed E-state index contributed by atoms with van der Waals surface area (Å²) in [4.78, 5) is 32.5. The lowest BCUT2D eigenvalue weighted by atomic mass is 9.96. The molecule has 3 saturated heterocycles. The summed E-state index contributed by atoms with van der Waals surface area (Å²) in [6.07, 6.45) is 7.67. The average molecular weight is 638 g/mol. The van der Waals surface area contributed by atoms with Crippen LogP contribution in [0, 0.1) is 5.92 Å². The van der Waals surface area contributed by atoms with E-state index in [0.717, 1.165) is 47.8 Å². The number of ether oxygens (including phenoxy) is 1. The predicted molar refractivity (Wildman–Crippen MR) is 173 cm³/mol. The molecule has 3 aromatic rings. The van der Waals surface area contributed by atoms with Gasteiger partial charge in [-0.3, -0.25) is 4.79 Å². The van der Waals surface area contributed by atoms with Crippen molar-refractivity contribution in [1.29, 1.82) is 0 Å². The first-order valence-electron chi connectivity index (χ1n) is 15.4. The minimum Gasteiger partial charge on any atom is -0.378 e. The number of nitrogens with one attached hydrogen (secondary N) is 1. The van der Waals surface area contributed by atoms with E-state index in [9.17, 15) is 17.6 Å². The van der Waals surface area contributed by atoms with Crippen molar-refractivity contribution in [1.82, 2.24) is 19.9 Å². The second-order valence-electron chi connectivity index (χ2n) is 12.3. The summed E-state index contributed by atoms with van der Waals surface area (Å²) < 4.78 is 43.8. The fourth-order valence-corrected chi connectivity index (χ4v) is 8.13. The van der Waals surface area contributed by atoms with Gasteiger partial charge in [0.2, 0.25) is 11.9 Å². The maximum absolute atomic E-state index is 14.6.